The van der Waals surface area contributed by atoms with Crippen molar-refractivity contribution in [1.82, 2.24) is 15.0 Å². The molecule has 4 nitrogen and oxygen atoms in total. The lowest BCUT2D eigenvalue weighted by Crippen LogP contribution is -2.08. The van der Waals surface area contributed by atoms with Crippen molar-refractivity contribution in [2.75, 3.05) is 0 Å². The molecular weight excluding hydrogens is 574 g/mol. The van der Waals surface area contributed by atoms with Crippen molar-refractivity contribution in [2.45, 2.75) is 12.3 Å². The van der Waals surface area contributed by atoms with Crippen LogP contribution in [-0.2, 0) is 0 Å². The minimum absolute atomic E-state index is 0.110. The molecule has 2 heterocycles. The van der Waals surface area contributed by atoms with Crippen LogP contribution in [-0.4, -0.2) is 15.0 Å². The van der Waals surface area contributed by atoms with Crippen molar-refractivity contribution >= 4 is 32.7 Å². The molecule has 47 heavy (non-hydrogen) atoms. The molecule has 8 aromatic rings. The zero-order valence-corrected chi connectivity index (χ0v) is 25.5. The second kappa shape index (κ2) is 11.3. The topological polar surface area (TPSA) is 51.8 Å². The van der Waals surface area contributed by atoms with Gasteiger partial charge in [0.15, 0.2) is 11.6 Å². The Balaban J connectivity index is 1.12. The zero-order valence-electron chi connectivity index (χ0n) is 25.5. The molecule has 222 valence electrons. The van der Waals surface area contributed by atoms with Gasteiger partial charge in [-0.3, -0.25) is 0 Å². The first-order valence-electron chi connectivity index (χ1n) is 16.0. The Hall–Kier alpha value is -6.13. The molecule has 0 aliphatic heterocycles. The lowest BCUT2D eigenvalue weighted by atomic mass is 9.95. The molecule has 6 aromatic carbocycles. The van der Waals surface area contributed by atoms with Gasteiger partial charge in [0.05, 0.1) is 0 Å². The largest absolute Gasteiger partial charge is 0.456 e. The van der Waals surface area contributed by atoms with E-state index in [2.05, 4.69) is 140 Å². The van der Waals surface area contributed by atoms with Gasteiger partial charge in [0.1, 0.15) is 17.0 Å². The summed E-state index contributed by atoms with van der Waals surface area (Å²) in [5.41, 5.74) is 8.25. The van der Waals surface area contributed by atoms with Gasteiger partial charge in [-0.1, -0.05) is 140 Å². The van der Waals surface area contributed by atoms with Crippen LogP contribution in [0.3, 0.4) is 0 Å². The predicted octanol–water partition coefficient (Wildman–Crippen LogP) is 11.2. The second-order valence-electron chi connectivity index (χ2n) is 12.0. The van der Waals surface area contributed by atoms with Crippen LogP contribution in [0.4, 0.5) is 0 Å². The standard InChI is InChI=1S/C43H29N3O/c1-3-12-31(13-4-1)41-44-42(32-14-5-2-6-15-32)46-43(45-41)36-18-10-9-16-34(36)30-21-19-28(20-22-30)33-24-25-38-37(27-33)40-35-17-8-7-11-29(35)23-26-39(40)47-38/h1-14,16-27,32H,15H2. The molecule has 1 atom stereocenters. The van der Waals surface area contributed by atoms with E-state index < -0.39 is 0 Å². The minimum atomic E-state index is 0.110. The highest BCUT2D eigenvalue weighted by Crippen LogP contribution is 2.38. The summed E-state index contributed by atoms with van der Waals surface area (Å²) in [5, 5.41) is 4.72. The van der Waals surface area contributed by atoms with Gasteiger partial charge in [0.25, 0.3) is 0 Å². The molecule has 0 amide bonds. The third-order valence-electron chi connectivity index (χ3n) is 9.05. The van der Waals surface area contributed by atoms with Crippen molar-refractivity contribution in [1.29, 1.82) is 0 Å². The normalized spacial score (nSPS) is 14.3. The Kier molecular flexibility index (Phi) is 6.57. The van der Waals surface area contributed by atoms with Crippen molar-refractivity contribution < 1.29 is 4.42 Å². The number of hydrogen-bond acceptors (Lipinski definition) is 4. The third kappa shape index (κ3) is 4.91. The van der Waals surface area contributed by atoms with Crippen molar-refractivity contribution in [3.63, 3.8) is 0 Å². The van der Waals surface area contributed by atoms with E-state index in [1.165, 1.54) is 10.8 Å². The van der Waals surface area contributed by atoms with E-state index in [1.54, 1.807) is 0 Å². The average molecular weight is 604 g/mol. The Morgan fingerprint density at radius 1 is 0.511 bits per heavy atom. The van der Waals surface area contributed by atoms with Crippen molar-refractivity contribution in [3.05, 3.63) is 164 Å². The first-order chi connectivity index (χ1) is 23.3. The first kappa shape index (κ1) is 27.2. The number of aromatic nitrogens is 3. The van der Waals surface area contributed by atoms with Gasteiger partial charge in [0.2, 0.25) is 0 Å². The third-order valence-corrected chi connectivity index (χ3v) is 9.05. The summed E-state index contributed by atoms with van der Waals surface area (Å²) in [6.45, 7) is 0. The number of fused-ring (bicyclic) bond motifs is 5. The average Bonchev–Trinajstić information content (AvgIpc) is 3.54. The number of benzene rings is 6. The van der Waals surface area contributed by atoms with Crippen LogP contribution in [0.25, 0.3) is 77.7 Å². The monoisotopic (exact) mass is 603 g/mol. The lowest BCUT2D eigenvalue weighted by molar-refractivity contribution is 0.669. The summed E-state index contributed by atoms with van der Waals surface area (Å²) in [4.78, 5) is 15.0. The van der Waals surface area contributed by atoms with E-state index in [0.29, 0.717) is 11.6 Å². The summed E-state index contributed by atoms with van der Waals surface area (Å²) >= 11 is 0. The maximum absolute atomic E-state index is 6.24. The van der Waals surface area contributed by atoms with E-state index >= 15 is 0 Å². The number of furan rings is 1. The van der Waals surface area contributed by atoms with Gasteiger partial charge in [-0.2, -0.15) is 0 Å². The van der Waals surface area contributed by atoms with Gasteiger partial charge < -0.3 is 4.42 Å². The van der Waals surface area contributed by atoms with Crippen LogP contribution in [0.5, 0.6) is 0 Å². The Morgan fingerprint density at radius 2 is 1.23 bits per heavy atom. The molecular formula is C43H29N3O. The molecule has 1 unspecified atom stereocenters. The Bertz CT molecular complexity index is 2490. The summed E-state index contributed by atoms with van der Waals surface area (Å²) < 4.78 is 6.24. The smallest absolute Gasteiger partial charge is 0.164 e. The Morgan fingerprint density at radius 3 is 2.09 bits per heavy atom. The van der Waals surface area contributed by atoms with Gasteiger partial charge in [-0.05, 0) is 57.6 Å². The van der Waals surface area contributed by atoms with E-state index in [-0.39, 0.29) is 5.92 Å². The van der Waals surface area contributed by atoms with E-state index in [0.717, 1.165) is 67.6 Å². The van der Waals surface area contributed by atoms with Crippen LogP contribution in [0.2, 0.25) is 0 Å². The summed E-state index contributed by atoms with van der Waals surface area (Å²) in [6, 6.07) is 46.5. The number of hydrogen-bond donors (Lipinski definition) is 0. The maximum Gasteiger partial charge on any atom is 0.164 e. The zero-order chi connectivity index (χ0) is 31.2. The van der Waals surface area contributed by atoms with Crippen LogP contribution in [0, 0.1) is 0 Å². The molecule has 9 rings (SSSR count). The fourth-order valence-corrected chi connectivity index (χ4v) is 6.67. The number of rotatable bonds is 5. The molecule has 0 bridgehead atoms. The maximum atomic E-state index is 6.24. The van der Waals surface area contributed by atoms with Crippen LogP contribution in [0.1, 0.15) is 18.2 Å². The lowest BCUT2D eigenvalue weighted by Gasteiger charge is -2.16. The van der Waals surface area contributed by atoms with E-state index in [4.69, 9.17) is 19.4 Å². The van der Waals surface area contributed by atoms with Gasteiger partial charge in [0, 0.05) is 27.8 Å². The highest BCUT2D eigenvalue weighted by molar-refractivity contribution is 6.19. The molecule has 1 aliphatic rings. The van der Waals surface area contributed by atoms with Crippen molar-refractivity contribution in [3.8, 4) is 45.0 Å². The highest BCUT2D eigenvalue weighted by Gasteiger charge is 2.19. The molecule has 0 radical (unpaired) electrons. The summed E-state index contributed by atoms with van der Waals surface area (Å²) in [5.74, 6) is 2.27. The van der Waals surface area contributed by atoms with Crippen LogP contribution in [0.15, 0.2) is 162 Å². The Labute approximate surface area is 272 Å². The summed E-state index contributed by atoms with van der Waals surface area (Å²) in [6.07, 6.45) is 9.36. The molecule has 0 saturated heterocycles. The summed E-state index contributed by atoms with van der Waals surface area (Å²) in [7, 11) is 0. The highest BCUT2D eigenvalue weighted by atomic mass is 16.3. The molecule has 4 heteroatoms. The minimum Gasteiger partial charge on any atom is -0.456 e. The quantitative estimate of drug-likeness (QED) is 0.196. The van der Waals surface area contributed by atoms with E-state index in [1.807, 2.05) is 18.2 Å². The SMILES string of the molecule is C1=CCC(c2nc(-c3ccccc3)nc(-c3ccccc3-c3ccc(-c4ccc5oc6ccc7ccccc7c6c5c4)cc3)n2)C=C1. The molecule has 0 saturated carbocycles. The first-order valence-corrected chi connectivity index (χ1v) is 16.0. The van der Waals surface area contributed by atoms with Gasteiger partial charge >= 0.3 is 0 Å². The predicted molar refractivity (Wildman–Crippen MR) is 192 cm³/mol. The molecule has 0 spiro atoms. The van der Waals surface area contributed by atoms with E-state index in [9.17, 15) is 0 Å². The molecule has 0 N–H and O–H groups in total. The molecule has 1 aliphatic carbocycles. The molecule has 0 fully saturated rings. The van der Waals surface area contributed by atoms with Gasteiger partial charge in [-0.15, -0.1) is 0 Å². The fraction of sp³-hybridized carbons (Fsp3) is 0.0465. The number of allylic oxidation sites excluding steroid dienone is 4. The fourth-order valence-electron chi connectivity index (χ4n) is 6.67. The molecule has 2 aromatic heterocycles. The number of nitrogens with zero attached hydrogens (tertiary/aromatic N) is 3. The second-order valence-corrected chi connectivity index (χ2v) is 12.0. The van der Waals surface area contributed by atoms with Gasteiger partial charge in [-0.25, -0.2) is 15.0 Å². The van der Waals surface area contributed by atoms with Crippen molar-refractivity contribution in [2.24, 2.45) is 0 Å². The van der Waals surface area contributed by atoms with Crippen LogP contribution < -0.4 is 0 Å². The van der Waals surface area contributed by atoms with Crippen LogP contribution >= 0.6 is 0 Å².